The molecule has 0 saturated heterocycles. The second-order valence-corrected chi connectivity index (χ2v) is 5.58. The fraction of sp³-hybridized carbons (Fsp3) is 0.316. The summed E-state index contributed by atoms with van der Waals surface area (Å²) >= 11 is 0. The largest absolute Gasteiger partial charge is 0.434 e. The molecule has 26 heavy (non-hydrogen) atoms. The molecular formula is C19H24F2IN3O. The zero-order valence-corrected chi connectivity index (χ0v) is 17.2. The van der Waals surface area contributed by atoms with Gasteiger partial charge in [-0.1, -0.05) is 48.0 Å². The highest BCUT2D eigenvalue weighted by Crippen LogP contribution is 2.19. The van der Waals surface area contributed by atoms with E-state index in [2.05, 4.69) is 45.5 Å². The second kappa shape index (κ2) is 11.7. The molecule has 0 aliphatic carbocycles. The molecule has 0 aromatic heterocycles. The number of hydrogen-bond donors (Lipinski definition) is 2. The van der Waals surface area contributed by atoms with Gasteiger partial charge < -0.3 is 15.4 Å². The van der Waals surface area contributed by atoms with Crippen LogP contribution in [0.5, 0.6) is 5.75 Å². The SMILES string of the molecule is CN=C(NCCc1cccc(C)c1)NCc1ccccc1OC(F)F.I. The zero-order chi connectivity index (χ0) is 18.1. The van der Waals surface area contributed by atoms with Gasteiger partial charge in [-0.15, -0.1) is 24.0 Å². The number of rotatable bonds is 7. The molecule has 4 nitrogen and oxygen atoms in total. The van der Waals surface area contributed by atoms with Crippen LogP contribution >= 0.6 is 24.0 Å². The highest BCUT2D eigenvalue weighted by molar-refractivity contribution is 14.0. The molecule has 0 aliphatic heterocycles. The summed E-state index contributed by atoms with van der Waals surface area (Å²) in [5.74, 6) is 0.778. The van der Waals surface area contributed by atoms with Crippen molar-refractivity contribution in [3.8, 4) is 5.75 Å². The molecule has 0 bridgehead atoms. The van der Waals surface area contributed by atoms with Crippen LogP contribution in [0.1, 0.15) is 16.7 Å². The third-order valence-corrected chi connectivity index (χ3v) is 3.65. The summed E-state index contributed by atoms with van der Waals surface area (Å²) in [5.41, 5.74) is 3.12. The second-order valence-electron chi connectivity index (χ2n) is 5.58. The van der Waals surface area contributed by atoms with Crippen molar-refractivity contribution in [3.63, 3.8) is 0 Å². The van der Waals surface area contributed by atoms with Gasteiger partial charge in [0, 0.05) is 25.7 Å². The third-order valence-electron chi connectivity index (χ3n) is 3.65. The number of nitrogens with one attached hydrogen (secondary N) is 2. The molecule has 0 aliphatic rings. The monoisotopic (exact) mass is 475 g/mol. The van der Waals surface area contributed by atoms with Crippen molar-refractivity contribution in [3.05, 3.63) is 65.2 Å². The van der Waals surface area contributed by atoms with Crippen LogP contribution in [-0.4, -0.2) is 26.2 Å². The summed E-state index contributed by atoms with van der Waals surface area (Å²) in [6.07, 6.45) is 0.869. The number of alkyl halides is 2. The van der Waals surface area contributed by atoms with E-state index in [0.717, 1.165) is 13.0 Å². The minimum absolute atomic E-state index is 0. The lowest BCUT2D eigenvalue weighted by Crippen LogP contribution is -2.37. The predicted molar refractivity (Wildman–Crippen MR) is 112 cm³/mol. The molecule has 7 heteroatoms. The molecule has 2 N–H and O–H groups in total. The van der Waals surface area contributed by atoms with Gasteiger partial charge in [0.05, 0.1) is 0 Å². The standard InChI is InChI=1S/C19H23F2N3O.HI/c1-14-6-5-7-15(12-14)10-11-23-19(22-2)24-13-16-8-3-4-9-17(16)25-18(20)21;/h3-9,12,18H,10-11,13H2,1-2H3,(H2,22,23,24);1H. The third kappa shape index (κ3) is 7.55. The molecule has 0 heterocycles. The van der Waals surface area contributed by atoms with Gasteiger partial charge >= 0.3 is 6.61 Å². The van der Waals surface area contributed by atoms with Crippen LogP contribution < -0.4 is 15.4 Å². The molecule has 2 rings (SSSR count). The lowest BCUT2D eigenvalue weighted by molar-refractivity contribution is -0.0504. The van der Waals surface area contributed by atoms with Crippen LogP contribution in [0.15, 0.2) is 53.5 Å². The summed E-state index contributed by atoms with van der Waals surface area (Å²) in [6.45, 7) is 0.287. The molecule has 0 atom stereocenters. The fourth-order valence-electron chi connectivity index (χ4n) is 2.45. The molecule has 2 aromatic rings. The molecule has 142 valence electrons. The van der Waals surface area contributed by atoms with Crippen molar-refractivity contribution in [1.29, 1.82) is 0 Å². The Balaban J connectivity index is 0.00000338. The summed E-state index contributed by atoms with van der Waals surface area (Å²) in [4.78, 5) is 4.15. The highest BCUT2D eigenvalue weighted by Gasteiger charge is 2.09. The Morgan fingerprint density at radius 3 is 2.58 bits per heavy atom. The van der Waals surface area contributed by atoms with Crippen LogP contribution in [0, 0.1) is 6.92 Å². The lowest BCUT2D eigenvalue weighted by Gasteiger charge is -2.14. The number of hydrogen-bond acceptors (Lipinski definition) is 2. The van der Waals surface area contributed by atoms with Gasteiger partial charge in [-0.3, -0.25) is 4.99 Å². The van der Waals surface area contributed by atoms with E-state index >= 15 is 0 Å². The number of aryl methyl sites for hydroxylation is 1. The van der Waals surface area contributed by atoms with E-state index in [0.29, 0.717) is 18.1 Å². The molecule has 0 spiro atoms. The van der Waals surface area contributed by atoms with Crippen molar-refractivity contribution in [1.82, 2.24) is 10.6 Å². The van der Waals surface area contributed by atoms with Crippen LogP contribution in [-0.2, 0) is 13.0 Å². The van der Waals surface area contributed by atoms with E-state index in [4.69, 9.17) is 0 Å². The van der Waals surface area contributed by atoms with E-state index in [9.17, 15) is 8.78 Å². The van der Waals surface area contributed by atoms with Crippen LogP contribution in [0.3, 0.4) is 0 Å². The lowest BCUT2D eigenvalue weighted by atomic mass is 10.1. The quantitative estimate of drug-likeness (QED) is 0.360. The van der Waals surface area contributed by atoms with Crippen LogP contribution in [0.25, 0.3) is 0 Å². The highest BCUT2D eigenvalue weighted by atomic mass is 127. The predicted octanol–water partition coefficient (Wildman–Crippen LogP) is 4.12. The first-order valence-electron chi connectivity index (χ1n) is 8.11. The first-order valence-corrected chi connectivity index (χ1v) is 8.11. The van der Waals surface area contributed by atoms with E-state index in [1.807, 2.05) is 6.07 Å². The van der Waals surface area contributed by atoms with Gasteiger partial charge in [0.2, 0.25) is 0 Å². The van der Waals surface area contributed by atoms with Gasteiger partial charge in [0.25, 0.3) is 0 Å². The average molecular weight is 475 g/mol. The first-order chi connectivity index (χ1) is 12.1. The molecule has 0 radical (unpaired) electrons. The van der Waals surface area contributed by atoms with E-state index in [-0.39, 0.29) is 29.7 Å². The van der Waals surface area contributed by atoms with Crippen molar-refractivity contribution >= 4 is 29.9 Å². The molecule has 0 fully saturated rings. The fourth-order valence-corrected chi connectivity index (χ4v) is 2.45. The van der Waals surface area contributed by atoms with E-state index in [1.54, 1.807) is 25.2 Å². The van der Waals surface area contributed by atoms with Gasteiger partial charge in [-0.25, -0.2) is 0 Å². The number of ether oxygens (including phenoxy) is 1. The van der Waals surface area contributed by atoms with E-state index < -0.39 is 6.61 Å². The maximum absolute atomic E-state index is 12.4. The Kier molecular flexibility index (Phi) is 9.93. The Bertz CT molecular complexity index is 711. The maximum atomic E-state index is 12.4. The normalized spacial score (nSPS) is 11.0. The zero-order valence-electron chi connectivity index (χ0n) is 14.8. The Morgan fingerprint density at radius 2 is 1.88 bits per heavy atom. The first kappa shape index (κ1) is 22.1. The van der Waals surface area contributed by atoms with Crippen molar-refractivity contribution in [2.24, 2.45) is 4.99 Å². The Labute approximate surface area is 170 Å². The smallest absolute Gasteiger partial charge is 0.387 e. The number of halogens is 3. The summed E-state index contributed by atoms with van der Waals surface area (Å²) in [5, 5.41) is 6.33. The minimum Gasteiger partial charge on any atom is -0.434 e. The molecule has 0 unspecified atom stereocenters. The van der Waals surface area contributed by atoms with Crippen molar-refractivity contribution in [2.45, 2.75) is 26.5 Å². The number of para-hydroxylation sites is 1. The Morgan fingerprint density at radius 1 is 1.12 bits per heavy atom. The van der Waals surface area contributed by atoms with Gasteiger partial charge in [0.15, 0.2) is 5.96 Å². The number of guanidine groups is 1. The van der Waals surface area contributed by atoms with Gasteiger partial charge in [0.1, 0.15) is 5.75 Å². The van der Waals surface area contributed by atoms with Crippen LogP contribution in [0.4, 0.5) is 8.78 Å². The summed E-state index contributed by atoms with van der Waals surface area (Å²) < 4.78 is 29.4. The van der Waals surface area contributed by atoms with Crippen molar-refractivity contribution in [2.75, 3.05) is 13.6 Å². The Hall–Kier alpha value is -1.90. The minimum atomic E-state index is -2.84. The molecule has 2 aromatic carbocycles. The van der Waals surface area contributed by atoms with E-state index in [1.165, 1.54) is 17.2 Å². The van der Waals surface area contributed by atoms with Crippen molar-refractivity contribution < 1.29 is 13.5 Å². The molecule has 0 saturated carbocycles. The summed E-state index contributed by atoms with van der Waals surface area (Å²) in [7, 11) is 1.67. The molecule has 0 amide bonds. The average Bonchev–Trinajstić information content (AvgIpc) is 2.58. The maximum Gasteiger partial charge on any atom is 0.387 e. The van der Waals surface area contributed by atoms with Gasteiger partial charge in [-0.2, -0.15) is 8.78 Å². The number of nitrogens with zero attached hydrogens (tertiary/aromatic N) is 1. The number of benzene rings is 2. The molecular weight excluding hydrogens is 451 g/mol. The van der Waals surface area contributed by atoms with Crippen LogP contribution in [0.2, 0.25) is 0 Å². The summed E-state index contributed by atoms with van der Waals surface area (Å²) in [6, 6.07) is 15.0. The number of aliphatic imine (C=N–C) groups is 1. The topological polar surface area (TPSA) is 45.7 Å². The van der Waals surface area contributed by atoms with Gasteiger partial charge in [-0.05, 0) is 25.0 Å².